The summed E-state index contributed by atoms with van der Waals surface area (Å²) in [4.78, 5) is 4.35. The van der Waals surface area contributed by atoms with E-state index in [1.54, 1.807) is 12.3 Å². The van der Waals surface area contributed by atoms with E-state index in [-0.39, 0.29) is 4.75 Å². The second-order valence-corrected chi connectivity index (χ2v) is 8.83. The maximum atomic E-state index is 11.9. The molecule has 5 N–H and O–H groups in total. The van der Waals surface area contributed by atoms with E-state index in [0.717, 1.165) is 23.2 Å². The van der Waals surface area contributed by atoms with Gasteiger partial charge in [-0.25, -0.2) is 0 Å². The second-order valence-electron chi connectivity index (χ2n) is 6.78. The highest BCUT2D eigenvalue weighted by Crippen LogP contribution is 2.27. The highest BCUT2D eigenvalue weighted by atomic mass is 32.2. The Kier molecular flexibility index (Phi) is 6.47. The minimum Gasteiger partial charge on any atom is -0.598 e. The van der Waals surface area contributed by atoms with Gasteiger partial charge in [0.15, 0.2) is 0 Å². The average molecular weight is 359 g/mol. The molecule has 0 aliphatic carbocycles. The molecule has 0 aliphatic heterocycles. The van der Waals surface area contributed by atoms with E-state index < -0.39 is 11.4 Å². The summed E-state index contributed by atoms with van der Waals surface area (Å²) >= 11 is -1.04. The van der Waals surface area contributed by atoms with Crippen LogP contribution in [0.1, 0.15) is 32.9 Å². The Bertz CT molecular complexity index is 740. The zero-order valence-corrected chi connectivity index (χ0v) is 15.8. The molecule has 1 aromatic carbocycles. The Morgan fingerprint density at radius 1 is 1.20 bits per heavy atom. The highest BCUT2D eigenvalue weighted by molar-refractivity contribution is 7.90. The first-order chi connectivity index (χ1) is 11.8. The van der Waals surface area contributed by atoms with Gasteiger partial charge in [0.25, 0.3) is 0 Å². The van der Waals surface area contributed by atoms with Crippen molar-refractivity contribution < 1.29 is 4.55 Å². The average Bonchev–Trinajstić information content (AvgIpc) is 2.53. The summed E-state index contributed by atoms with van der Waals surface area (Å²) in [6, 6.07) is 9.42. The predicted molar refractivity (Wildman–Crippen MR) is 108 cm³/mol. The van der Waals surface area contributed by atoms with Crippen molar-refractivity contribution in [3.8, 4) is 11.1 Å². The predicted octanol–water partition coefficient (Wildman–Crippen LogP) is 3.37. The third kappa shape index (κ3) is 5.77. The Balaban J connectivity index is 1.97. The van der Waals surface area contributed by atoms with Crippen molar-refractivity contribution in [2.24, 2.45) is 0 Å². The van der Waals surface area contributed by atoms with Crippen LogP contribution in [0.3, 0.4) is 0 Å². The fraction of sp³-hybridized carbons (Fsp3) is 0.316. The highest BCUT2D eigenvalue weighted by Gasteiger charge is 2.25. The third-order valence-corrected chi connectivity index (χ3v) is 5.14. The lowest BCUT2D eigenvalue weighted by molar-refractivity contribution is 0.545. The molecule has 1 heterocycles. The first-order valence-corrected chi connectivity index (χ1v) is 9.36. The Morgan fingerprint density at radius 3 is 2.64 bits per heavy atom. The number of nitrogens with two attached hydrogens (primary N) is 2. The Hall–Kier alpha value is -2.02. The minimum absolute atomic E-state index is 0.251. The van der Waals surface area contributed by atoms with E-state index in [9.17, 15) is 4.55 Å². The number of pyridine rings is 1. The van der Waals surface area contributed by atoms with E-state index in [1.165, 1.54) is 0 Å². The van der Waals surface area contributed by atoms with Gasteiger partial charge in [-0.3, -0.25) is 4.98 Å². The number of rotatable bonds is 6. The van der Waals surface area contributed by atoms with Crippen LogP contribution in [0.4, 0.5) is 11.4 Å². The summed E-state index contributed by atoms with van der Waals surface area (Å²) in [5, 5.41) is 0. The van der Waals surface area contributed by atoms with Gasteiger partial charge < -0.3 is 16.0 Å². The minimum atomic E-state index is -1.04. The van der Waals surface area contributed by atoms with Crippen molar-refractivity contribution >= 4 is 28.8 Å². The first kappa shape index (κ1) is 19.3. The maximum Gasteiger partial charge on any atom is 0.136 e. The molecule has 0 bridgehead atoms. The molecule has 6 heteroatoms. The Labute approximate surface area is 152 Å². The molecule has 0 fully saturated rings. The van der Waals surface area contributed by atoms with Gasteiger partial charge >= 0.3 is 0 Å². The summed E-state index contributed by atoms with van der Waals surface area (Å²) in [6.45, 7) is 6.50. The number of nitrogens with zero attached hydrogens (tertiary/aromatic N) is 1. The fourth-order valence-electron chi connectivity index (χ4n) is 2.21. The molecular formula is C19H26N4OS. The van der Waals surface area contributed by atoms with Crippen molar-refractivity contribution in [1.29, 1.82) is 0 Å². The molecule has 0 spiro atoms. The summed E-state index contributed by atoms with van der Waals surface area (Å²) in [6.07, 6.45) is 6.51. The summed E-state index contributed by atoms with van der Waals surface area (Å²) in [5.41, 5.74) is 15.9. The molecule has 0 saturated carbocycles. The lowest BCUT2D eigenvalue weighted by atomic mass is 10.0. The smallest absolute Gasteiger partial charge is 0.136 e. The number of hydrogen-bond acceptors (Lipinski definition) is 5. The number of aromatic nitrogens is 1. The summed E-state index contributed by atoms with van der Waals surface area (Å²) in [7, 11) is 0. The van der Waals surface area contributed by atoms with Gasteiger partial charge in [-0.2, -0.15) is 0 Å². The molecule has 2 rings (SSSR count). The van der Waals surface area contributed by atoms with Gasteiger partial charge in [0.2, 0.25) is 0 Å². The number of nitrogens with one attached hydrogen (secondary N) is 1. The molecule has 1 aromatic heterocycles. The summed E-state index contributed by atoms with van der Waals surface area (Å²) in [5.74, 6) is 0. The van der Waals surface area contributed by atoms with E-state index in [4.69, 9.17) is 11.5 Å². The van der Waals surface area contributed by atoms with Crippen molar-refractivity contribution in [3.63, 3.8) is 0 Å². The van der Waals surface area contributed by atoms with Crippen LogP contribution in [0.25, 0.3) is 17.2 Å². The standard InChI is InChI=1S/C19H26N4OS/c1-19(2,3)25(24)23-10-5-4-6-16-12-14(9-11-22-16)17-8-7-15(20)13-18(17)21/h4,6-9,11-13,23H,5,10,20-21H2,1-3H3. The van der Waals surface area contributed by atoms with Crippen LogP contribution in [-0.2, 0) is 11.4 Å². The molecular weight excluding hydrogens is 332 g/mol. The fourth-order valence-corrected chi connectivity index (χ4v) is 2.94. The van der Waals surface area contributed by atoms with Crippen LogP contribution >= 0.6 is 0 Å². The number of nitrogen functional groups attached to an aromatic ring is 2. The second kappa shape index (κ2) is 8.38. The molecule has 0 aliphatic rings. The SMILES string of the molecule is CC(C)(C)[S+]([O-])NCCC=Cc1cc(-c2ccc(N)cc2N)ccn1. The summed E-state index contributed by atoms with van der Waals surface area (Å²) < 4.78 is 14.7. The van der Waals surface area contributed by atoms with Gasteiger partial charge in [0.05, 0.1) is 5.69 Å². The van der Waals surface area contributed by atoms with Crippen LogP contribution in [0.2, 0.25) is 0 Å². The lowest BCUT2D eigenvalue weighted by Gasteiger charge is -2.23. The molecule has 134 valence electrons. The molecule has 5 nitrogen and oxygen atoms in total. The zero-order valence-electron chi connectivity index (χ0n) is 15.0. The Morgan fingerprint density at radius 2 is 1.96 bits per heavy atom. The molecule has 0 amide bonds. The molecule has 0 radical (unpaired) electrons. The van der Waals surface area contributed by atoms with E-state index in [1.807, 2.05) is 57.2 Å². The molecule has 2 aromatic rings. The molecule has 1 unspecified atom stereocenters. The third-order valence-electron chi connectivity index (χ3n) is 3.56. The van der Waals surface area contributed by atoms with Gasteiger partial charge in [-0.1, -0.05) is 12.1 Å². The quantitative estimate of drug-likeness (QED) is 0.418. The topological polar surface area (TPSA) is 100 Å². The van der Waals surface area contributed by atoms with Crippen LogP contribution in [0.15, 0.2) is 42.6 Å². The van der Waals surface area contributed by atoms with Crippen LogP contribution in [0.5, 0.6) is 0 Å². The largest absolute Gasteiger partial charge is 0.598 e. The van der Waals surface area contributed by atoms with Gasteiger partial charge in [-0.05, 0) is 63.1 Å². The normalized spacial score (nSPS) is 13.3. The lowest BCUT2D eigenvalue weighted by Crippen LogP contribution is -2.39. The molecule has 1 atom stereocenters. The monoisotopic (exact) mass is 358 g/mol. The van der Waals surface area contributed by atoms with E-state index in [0.29, 0.717) is 17.9 Å². The van der Waals surface area contributed by atoms with Gasteiger partial charge in [0, 0.05) is 41.0 Å². The number of hydrogen-bond donors (Lipinski definition) is 3. The van der Waals surface area contributed by atoms with Gasteiger partial charge in [0.1, 0.15) is 4.75 Å². The maximum absolute atomic E-state index is 11.9. The number of anilines is 2. The van der Waals surface area contributed by atoms with Crippen molar-refractivity contribution in [2.75, 3.05) is 18.0 Å². The van der Waals surface area contributed by atoms with Crippen LogP contribution in [0, 0.1) is 0 Å². The van der Waals surface area contributed by atoms with Gasteiger partial charge in [-0.15, -0.1) is 4.72 Å². The van der Waals surface area contributed by atoms with Crippen LogP contribution in [-0.4, -0.2) is 20.8 Å². The van der Waals surface area contributed by atoms with Crippen molar-refractivity contribution in [2.45, 2.75) is 31.9 Å². The van der Waals surface area contributed by atoms with E-state index in [2.05, 4.69) is 9.71 Å². The van der Waals surface area contributed by atoms with Crippen molar-refractivity contribution in [3.05, 3.63) is 48.3 Å². The van der Waals surface area contributed by atoms with E-state index >= 15 is 0 Å². The molecule has 0 saturated heterocycles. The zero-order chi connectivity index (χ0) is 18.4. The van der Waals surface area contributed by atoms with Crippen molar-refractivity contribution in [1.82, 2.24) is 9.71 Å². The number of benzene rings is 1. The van der Waals surface area contributed by atoms with Crippen LogP contribution < -0.4 is 16.2 Å². The molecule has 25 heavy (non-hydrogen) atoms. The first-order valence-electron chi connectivity index (χ1n) is 8.21.